The van der Waals surface area contributed by atoms with Gasteiger partial charge < -0.3 is 30.3 Å². The Morgan fingerprint density at radius 2 is 1.92 bits per heavy atom. The molecule has 0 unspecified atom stereocenters. The lowest BCUT2D eigenvalue weighted by atomic mass is 9.68. The molecule has 13 nitrogen and oxygen atoms in total. The Bertz CT molecular complexity index is 1540. The van der Waals surface area contributed by atoms with Gasteiger partial charge in [0.25, 0.3) is 0 Å². The van der Waals surface area contributed by atoms with E-state index in [4.69, 9.17) is 25.6 Å². The fourth-order valence-corrected chi connectivity index (χ4v) is 7.31. The second-order valence-corrected chi connectivity index (χ2v) is 15.1. The summed E-state index contributed by atoms with van der Waals surface area (Å²) < 4.78 is 12.0. The Morgan fingerprint density at radius 1 is 1.20 bits per heavy atom. The van der Waals surface area contributed by atoms with Crippen LogP contribution in [0.4, 0.5) is 10.6 Å². The Morgan fingerprint density at radius 3 is 2.53 bits per heavy atom. The first-order chi connectivity index (χ1) is 22.9. The Kier molecular flexibility index (Phi) is 11.6. The van der Waals surface area contributed by atoms with Crippen molar-refractivity contribution in [3.8, 4) is 12.1 Å². The summed E-state index contributed by atoms with van der Waals surface area (Å²) in [6, 6.07) is 4.08. The zero-order valence-electron chi connectivity index (χ0n) is 30.8. The fraction of sp³-hybridized carbons (Fsp3) is 0.667. The van der Waals surface area contributed by atoms with Crippen molar-refractivity contribution in [3.63, 3.8) is 0 Å². The number of rotatable bonds is 7. The van der Waals surface area contributed by atoms with Crippen LogP contribution >= 0.6 is 0 Å². The van der Waals surface area contributed by atoms with Crippen molar-refractivity contribution in [2.24, 2.45) is 11.1 Å². The first-order valence-corrected chi connectivity index (χ1v) is 17.4. The average Bonchev–Trinajstić information content (AvgIpc) is 3.34. The number of nitrogens with two attached hydrogens (primary N) is 1. The maximum absolute atomic E-state index is 14.1. The summed E-state index contributed by atoms with van der Waals surface area (Å²) >= 11 is 0. The number of likely N-dealkylation sites (N-methyl/N-ethyl adjacent to an activating group) is 1. The fourth-order valence-electron chi connectivity index (χ4n) is 7.31. The summed E-state index contributed by atoms with van der Waals surface area (Å²) in [5.41, 5.74) is 6.87. The maximum atomic E-state index is 14.1. The highest BCUT2D eigenvalue weighted by Gasteiger charge is 2.43. The van der Waals surface area contributed by atoms with Crippen LogP contribution in [0, 0.1) is 22.2 Å². The molecule has 0 bridgehead atoms. The van der Waals surface area contributed by atoms with Crippen LogP contribution in [0.1, 0.15) is 99.6 Å². The summed E-state index contributed by atoms with van der Waals surface area (Å²) in [5, 5.41) is 21.9. The van der Waals surface area contributed by atoms with Crippen LogP contribution in [0.3, 0.4) is 0 Å². The van der Waals surface area contributed by atoms with E-state index in [0.717, 1.165) is 37.8 Å². The molecule has 0 radical (unpaired) electrons. The minimum atomic E-state index is -1.07. The molecule has 0 spiro atoms. The third-order valence-corrected chi connectivity index (χ3v) is 9.85. The van der Waals surface area contributed by atoms with Crippen LogP contribution in [0.5, 0.6) is 6.01 Å². The highest BCUT2D eigenvalue weighted by molar-refractivity contribution is 6.08. The molecule has 2 saturated heterocycles. The normalized spacial score (nSPS) is 24.8. The number of hydrogen-bond acceptors (Lipinski definition) is 11. The van der Waals surface area contributed by atoms with E-state index >= 15 is 0 Å². The lowest BCUT2D eigenvalue weighted by Crippen LogP contribution is -2.45. The topological polar surface area (TPSA) is 174 Å². The number of hydrogen-bond donors (Lipinski definition) is 3. The number of ether oxygens (including phenoxy) is 2. The van der Waals surface area contributed by atoms with Gasteiger partial charge in [0.2, 0.25) is 5.91 Å². The number of nitrogens with zero attached hydrogens (tertiary/aromatic N) is 6. The van der Waals surface area contributed by atoms with Gasteiger partial charge in [0.15, 0.2) is 5.84 Å². The standard InChI is InChI=1S/C36H55N9O4/c1-22-13-10-15-36(8,30(22)26(20-37)24(3)38)32(46)42-31(39)27-19-29(41-33(40-27)48-25(4)28-14-11-16-43(28)9)45-18-12-17-44(21-23(45)2)34(47)49-35(5,6)7/h19,23,25,28H,10-18,21,38H2,1-9H3,(H2,39,42,46)/b26-24+/t23-,25-,28-,36-/m0/s1. The van der Waals surface area contributed by atoms with E-state index in [9.17, 15) is 14.9 Å². The van der Waals surface area contributed by atoms with E-state index in [-0.39, 0.29) is 41.8 Å². The van der Waals surface area contributed by atoms with Gasteiger partial charge in [-0.15, -0.1) is 0 Å². The summed E-state index contributed by atoms with van der Waals surface area (Å²) in [6.07, 6.45) is 4.23. The molecule has 4 rings (SSSR count). The van der Waals surface area contributed by atoms with Gasteiger partial charge in [-0.3, -0.25) is 15.1 Å². The molecule has 3 aliphatic rings. The van der Waals surface area contributed by atoms with Crippen LogP contribution in [-0.2, 0) is 9.53 Å². The van der Waals surface area contributed by atoms with Crippen LogP contribution in [0.25, 0.3) is 0 Å². The van der Waals surface area contributed by atoms with Crippen molar-refractivity contribution in [2.75, 3.05) is 38.1 Å². The number of aromatic nitrogens is 2. The smallest absolute Gasteiger partial charge is 0.410 e. The van der Waals surface area contributed by atoms with Crippen molar-refractivity contribution < 1.29 is 19.1 Å². The lowest BCUT2D eigenvalue weighted by molar-refractivity contribution is -0.127. The third-order valence-electron chi connectivity index (χ3n) is 9.85. The zero-order chi connectivity index (χ0) is 36.3. The predicted octanol–water partition coefficient (Wildman–Crippen LogP) is 4.88. The molecule has 4 N–H and O–H groups in total. The van der Waals surface area contributed by atoms with Crippen molar-refractivity contribution in [1.29, 1.82) is 10.7 Å². The van der Waals surface area contributed by atoms with Gasteiger partial charge in [-0.2, -0.15) is 15.2 Å². The van der Waals surface area contributed by atoms with Crippen molar-refractivity contribution in [3.05, 3.63) is 34.2 Å². The quantitative estimate of drug-likeness (QED) is 0.205. The van der Waals surface area contributed by atoms with Gasteiger partial charge in [-0.05, 0) is 113 Å². The number of anilines is 1. The van der Waals surface area contributed by atoms with E-state index in [1.807, 2.05) is 48.5 Å². The molecule has 13 heteroatoms. The largest absolute Gasteiger partial charge is 0.459 e. The van der Waals surface area contributed by atoms with E-state index < -0.39 is 16.9 Å². The average molecular weight is 678 g/mol. The molecule has 0 saturated carbocycles. The van der Waals surface area contributed by atoms with Crippen LogP contribution in [0.15, 0.2) is 28.5 Å². The number of amidine groups is 1. The molecule has 1 aromatic rings. The van der Waals surface area contributed by atoms with Gasteiger partial charge >= 0.3 is 12.1 Å². The first kappa shape index (κ1) is 37.6. The SMILES string of the molecule is CC1=C(/C(C#N)=C(\C)N)[C@@](C)(C(=O)NC(=N)c2cc(N3CCCN(C(=O)OC(C)(C)C)C[C@@H]3C)nc(O[C@@H](C)[C@@H]3CCCN3C)n2)CCC1. The second kappa shape index (κ2) is 15.2. The molecule has 0 aromatic carbocycles. The number of likely N-dealkylation sites (tertiary alicyclic amines) is 1. The Hall–Kier alpha value is -4.18. The number of amides is 2. The summed E-state index contributed by atoms with van der Waals surface area (Å²) in [7, 11) is 2.08. The molecule has 1 aromatic heterocycles. The monoisotopic (exact) mass is 677 g/mol. The third kappa shape index (κ3) is 8.71. The Balaban J connectivity index is 1.66. The highest BCUT2D eigenvalue weighted by Crippen LogP contribution is 2.44. The maximum Gasteiger partial charge on any atom is 0.410 e. The van der Waals surface area contributed by atoms with Crippen molar-refractivity contribution in [1.82, 2.24) is 25.1 Å². The van der Waals surface area contributed by atoms with Crippen LogP contribution in [-0.4, -0.2) is 94.6 Å². The minimum Gasteiger partial charge on any atom is -0.459 e. The number of nitrogens with one attached hydrogen (secondary N) is 2. The van der Waals surface area contributed by atoms with Crippen LogP contribution in [0.2, 0.25) is 0 Å². The number of nitriles is 1. The van der Waals surface area contributed by atoms with E-state index in [2.05, 4.69) is 33.2 Å². The molecule has 2 fully saturated rings. The number of carbonyl (C=O) groups is 2. The predicted molar refractivity (Wildman–Crippen MR) is 189 cm³/mol. The zero-order valence-corrected chi connectivity index (χ0v) is 30.8. The summed E-state index contributed by atoms with van der Waals surface area (Å²) in [5.74, 6) is -0.0590. The van der Waals surface area contributed by atoms with Crippen molar-refractivity contribution in [2.45, 2.75) is 118 Å². The van der Waals surface area contributed by atoms with Gasteiger partial charge in [-0.1, -0.05) is 5.57 Å². The van der Waals surface area contributed by atoms with Gasteiger partial charge in [-0.25, -0.2) is 4.79 Å². The summed E-state index contributed by atoms with van der Waals surface area (Å²) in [4.78, 5) is 42.6. The molecule has 1 aliphatic carbocycles. The van der Waals surface area contributed by atoms with E-state index in [1.165, 1.54) is 0 Å². The molecule has 2 aliphatic heterocycles. The second-order valence-electron chi connectivity index (χ2n) is 15.1. The molecular weight excluding hydrogens is 622 g/mol. The molecule has 4 atom stereocenters. The minimum absolute atomic E-state index is 0.119. The number of carbonyl (C=O) groups excluding carboxylic acids is 2. The van der Waals surface area contributed by atoms with Crippen molar-refractivity contribution >= 4 is 23.7 Å². The molecule has 3 heterocycles. The summed E-state index contributed by atoms with van der Waals surface area (Å²) in [6.45, 7) is 17.5. The molecular formula is C36H55N9O4. The molecule has 49 heavy (non-hydrogen) atoms. The molecule has 2 amide bonds. The van der Waals surface area contributed by atoms with Gasteiger partial charge in [0, 0.05) is 43.5 Å². The van der Waals surface area contributed by atoms with Crippen LogP contribution < -0.4 is 20.7 Å². The van der Waals surface area contributed by atoms with E-state index in [0.29, 0.717) is 55.1 Å². The number of allylic oxidation sites excluding steroid dienone is 3. The van der Waals surface area contributed by atoms with Gasteiger partial charge in [0.1, 0.15) is 29.3 Å². The first-order valence-electron chi connectivity index (χ1n) is 17.4. The molecule has 268 valence electrons. The lowest BCUT2D eigenvalue weighted by Gasteiger charge is -2.36. The van der Waals surface area contributed by atoms with Gasteiger partial charge in [0.05, 0.1) is 11.0 Å². The Labute approximate surface area is 291 Å². The van der Waals surface area contributed by atoms with E-state index in [1.54, 1.807) is 17.9 Å². The highest BCUT2D eigenvalue weighted by atomic mass is 16.6.